The Balaban J connectivity index is 3.07. The fraction of sp³-hybridized carbons (Fsp3) is 0.467. The van der Waals surface area contributed by atoms with Crippen LogP contribution in [0.5, 0.6) is 0 Å². The van der Waals surface area contributed by atoms with Crippen LogP contribution in [-0.2, 0) is 0 Å². The van der Waals surface area contributed by atoms with Crippen molar-refractivity contribution < 1.29 is 9.90 Å². The summed E-state index contributed by atoms with van der Waals surface area (Å²) in [4.78, 5) is 18.1. The van der Waals surface area contributed by atoms with Crippen LogP contribution in [0.1, 0.15) is 36.7 Å². The third-order valence-electron chi connectivity index (χ3n) is 2.62. The maximum atomic E-state index is 12.5. The molecule has 108 valence electrons. The molecule has 0 saturated heterocycles. The highest BCUT2D eigenvalue weighted by atomic mass is 16.3. The van der Waals surface area contributed by atoms with Crippen LogP contribution < -0.4 is 5.73 Å². The lowest BCUT2D eigenvalue weighted by atomic mass is 10.1. The molecule has 0 radical (unpaired) electrons. The number of amides is 1. The van der Waals surface area contributed by atoms with Crippen molar-refractivity contribution in [1.29, 1.82) is 0 Å². The maximum Gasteiger partial charge on any atom is 0.255 e. The van der Waals surface area contributed by atoms with Crippen molar-refractivity contribution >= 4 is 5.91 Å². The second-order valence-electron chi connectivity index (χ2n) is 5.06. The number of carbonyl (C=O) groups excluding carboxylic acids is 1. The molecular formula is C15H21N3O2. The molecule has 1 heterocycles. The lowest BCUT2D eigenvalue weighted by molar-refractivity contribution is 0.0314. The number of rotatable bonds is 4. The van der Waals surface area contributed by atoms with Crippen molar-refractivity contribution in [2.75, 3.05) is 19.6 Å². The van der Waals surface area contributed by atoms with Gasteiger partial charge in [-0.25, -0.2) is 0 Å². The van der Waals surface area contributed by atoms with Crippen LogP contribution in [0.3, 0.4) is 0 Å². The van der Waals surface area contributed by atoms with Crippen LogP contribution in [0.2, 0.25) is 0 Å². The lowest BCUT2D eigenvalue weighted by Crippen LogP contribution is -2.42. The summed E-state index contributed by atoms with van der Waals surface area (Å²) in [6.45, 7) is 6.21. The fourth-order valence-electron chi connectivity index (χ4n) is 1.79. The highest BCUT2D eigenvalue weighted by Gasteiger charge is 2.23. The van der Waals surface area contributed by atoms with Crippen molar-refractivity contribution in [1.82, 2.24) is 9.88 Å². The third kappa shape index (κ3) is 4.65. The van der Waals surface area contributed by atoms with Crippen molar-refractivity contribution in [3.8, 4) is 11.8 Å². The van der Waals surface area contributed by atoms with Gasteiger partial charge in [0.1, 0.15) is 0 Å². The molecule has 0 aliphatic rings. The number of aliphatic hydroxyl groups is 1. The molecule has 1 aromatic rings. The highest BCUT2D eigenvalue weighted by Crippen LogP contribution is 2.12. The molecule has 3 N–H and O–H groups in total. The third-order valence-corrected chi connectivity index (χ3v) is 2.62. The minimum absolute atomic E-state index is 0.168. The first-order valence-corrected chi connectivity index (χ1v) is 6.53. The summed E-state index contributed by atoms with van der Waals surface area (Å²) >= 11 is 0. The normalized spacial score (nSPS) is 10.7. The zero-order chi connectivity index (χ0) is 15.2. The van der Waals surface area contributed by atoms with Gasteiger partial charge in [-0.15, -0.1) is 0 Å². The molecule has 0 fully saturated rings. The second kappa shape index (κ2) is 7.04. The monoisotopic (exact) mass is 275 g/mol. The van der Waals surface area contributed by atoms with Crippen LogP contribution in [0.15, 0.2) is 18.5 Å². The van der Waals surface area contributed by atoms with E-state index in [1.165, 1.54) is 0 Å². The summed E-state index contributed by atoms with van der Waals surface area (Å²) < 4.78 is 0. The Morgan fingerprint density at radius 1 is 1.55 bits per heavy atom. The molecule has 0 spiro atoms. The van der Waals surface area contributed by atoms with Crippen molar-refractivity contribution in [3.63, 3.8) is 0 Å². The Morgan fingerprint density at radius 3 is 2.80 bits per heavy atom. The molecule has 5 heteroatoms. The van der Waals surface area contributed by atoms with Crippen LogP contribution in [0.4, 0.5) is 0 Å². The average Bonchev–Trinajstić information content (AvgIpc) is 2.41. The van der Waals surface area contributed by atoms with Gasteiger partial charge in [0, 0.05) is 25.5 Å². The topological polar surface area (TPSA) is 79.5 Å². The summed E-state index contributed by atoms with van der Waals surface area (Å²) in [5, 5.41) is 9.87. The van der Waals surface area contributed by atoms with Gasteiger partial charge in [0.2, 0.25) is 0 Å². The fourth-order valence-corrected chi connectivity index (χ4v) is 1.79. The van der Waals surface area contributed by atoms with Gasteiger partial charge < -0.3 is 15.7 Å². The summed E-state index contributed by atoms with van der Waals surface area (Å²) in [6, 6.07) is 1.63. The van der Waals surface area contributed by atoms with Gasteiger partial charge in [0.25, 0.3) is 5.91 Å². The number of carbonyl (C=O) groups is 1. The van der Waals surface area contributed by atoms with E-state index in [1.807, 2.05) is 6.92 Å². The minimum Gasteiger partial charge on any atom is -0.389 e. The molecule has 0 bridgehead atoms. The summed E-state index contributed by atoms with van der Waals surface area (Å²) in [5.74, 6) is 5.40. The number of pyridine rings is 1. The van der Waals surface area contributed by atoms with Crippen molar-refractivity contribution in [2.45, 2.75) is 26.4 Å². The van der Waals surface area contributed by atoms with Crippen LogP contribution in [0.25, 0.3) is 0 Å². The number of hydrogen-bond acceptors (Lipinski definition) is 4. The number of likely N-dealkylation sites (N-methyl/N-ethyl adjacent to an activating group) is 1. The van der Waals surface area contributed by atoms with E-state index in [1.54, 1.807) is 37.2 Å². The van der Waals surface area contributed by atoms with Gasteiger partial charge in [0.05, 0.1) is 23.3 Å². The summed E-state index contributed by atoms with van der Waals surface area (Å²) in [5.41, 5.74) is 5.44. The molecule has 20 heavy (non-hydrogen) atoms. The summed E-state index contributed by atoms with van der Waals surface area (Å²) in [7, 11) is 0. The van der Waals surface area contributed by atoms with E-state index in [9.17, 15) is 9.90 Å². The van der Waals surface area contributed by atoms with E-state index >= 15 is 0 Å². The molecular weight excluding hydrogens is 254 g/mol. The molecule has 0 aromatic carbocycles. The van der Waals surface area contributed by atoms with Gasteiger partial charge in [-0.2, -0.15) is 0 Å². The molecule has 0 unspecified atom stereocenters. The van der Waals surface area contributed by atoms with Crippen LogP contribution in [0, 0.1) is 11.8 Å². The molecule has 0 saturated carbocycles. The quantitative estimate of drug-likeness (QED) is 0.790. The second-order valence-corrected chi connectivity index (χ2v) is 5.06. The van der Waals surface area contributed by atoms with E-state index in [0.717, 1.165) is 0 Å². The smallest absolute Gasteiger partial charge is 0.255 e. The molecule has 1 aromatic heterocycles. The Labute approximate surface area is 119 Å². The Morgan fingerprint density at radius 2 is 2.25 bits per heavy atom. The zero-order valence-electron chi connectivity index (χ0n) is 12.2. The minimum atomic E-state index is -0.943. The largest absolute Gasteiger partial charge is 0.389 e. The molecule has 0 aliphatic heterocycles. The molecule has 1 rings (SSSR count). The van der Waals surface area contributed by atoms with Crippen molar-refractivity contribution in [3.05, 3.63) is 29.6 Å². The number of aromatic nitrogens is 1. The predicted molar refractivity (Wildman–Crippen MR) is 78.0 cm³/mol. The van der Waals surface area contributed by atoms with Crippen molar-refractivity contribution in [2.24, 2.45) is 5.73 Å². The number of nitrogens with two attached hydrogens (primary N) is 1. The van der Waals surface area contributed by atoms with E-state index in [4.69, 9.17) is 5.73 Å². The van der Waals surface area contributed by atoms with Crippen LogP contribution >= 0.6 is 0 Å². The van der Waals surface area contributed by atoms with E-state index < -0.39 is 5.60 Å². The van der Waals surface area contributed by atoms with E-state index in [0.29, 0.717) is 17.7 Å². The Bertz CT molecular complexity index is 524. The molecule has 1 amide bonds. The van der Waals surface area contributed by atoms with E-state index in [-0.39, 0.29) is 19.0 Å². The van der Waals surface area contributed by atoms with Gasteiger partial charge >= 0.3 is 0 Å². The first-order chi connectivity index (χ1) is 9.39. The van der Waals surface area contributed by atoms with Gasteiger partial charge in [-0.3, -0.25) is 9.78 Å². The van der Waals surface area contributed by atoms with Gasteiger partial charge in [-0.05, 0) is 26.8 Å². The van der Waals surface area contributed by atoms with Crippen LogP contribution in [-0.4, -0.2) is 46.1 Å². The van der Waals surface area contributed by atoms with Gasteiger partial charge in [0.15, 0.2) is 0 Å². The molecule has 5 nitrogen and oxygen atoms in total. The molecule has 0 atom stereocenters. The Kier molecular flexibility index (Phi) is 5.68. The Hall–Kier alpha value is -1.90. The van der Waals surface area contributed by atoms with E-state index in [2.05, 4.69) is 16.8 Å². The first-order valence-electron chi connectivity index (χ1n) is 6.53. The average molecular weight is 275 g/mol. The number of nitrogens with zero attached hydrogens (tertiary/aromatic N) is 2. The SMILES string of the molecule is CCN(CC(C)(C)O)C(=O)c1ccncc1C#CCN. The zero-order valence-corrected chi connectivity index (χ0v) is 12.2. The standard InChI is InChI=1S/C15H21N3O2/c1-4-18(11-15(2,3)20)14(19)13-7-9-17-10-12(13)6-5-8-16/h7,9-10,20H,4,8,11,16H2,1-3H3. The number of hydrogen-bond donors (Lipinski definition) is 2. The van der Waals surface area contributed by atoms with Gasteiger partial charge in [-0.1, -0.05) is 11.8 Å². The maximum absolute atomic E-state index is 12.5. The molecule has 0 aliphatic carbocycles. The first kappa shape index (κ1) is 16.2. The predicted octanol–water partition coefficient (Wildman–Crippen LogP) is 0.625. The summed E-state index contributed by atoms with van der Waals surface area (Å²) in [6.07, 6.45) is 3.10. The highest BCUT2D eigenvalue weighted by molar-refractivity contribution is 5.96. The lowest BCUT2D eigenvalue weighted by Gasteiger charge is -2.28.